The van der Waals surface area contributed by atoms with Crippen LogP contribution in [0.2, 0.25) is 0 Å². The molecule has 0 saturated heterocycles. The first-order valence-corrected chi connectivity index (χ1v) is 11.3. The van der Waals surface area contributed by atoms with E-state index in [0.29, 0.717) is 12.0 Å². The van der Waals surface area contributed by atoms with Crippen LogP contribution in [0.15, 0.2) is 6.33 Å². The van der Waals surface area contributed by atoms with Gasteiger partial charge in [0.25, 0.3) is 0 Å². The van der Waals surface area contributed by atoms with Gasteiger partial charge in [-0.25, -0.2) is 4.98 Å². The SMILES string of the molecule is CCCCCCCCCCCCCCCCCCNc1ncnc(OC)n1. The van der Waals surface area contributed by atoms with Gasteiger partial charge in [0.1, 0.15) is 6.33 Å². The second-order valence-electron chi connectivity index (χ2n) is 7.53. The first-order chi connectivity index (χ1) is 13.4. The maximum absolute atomic E-state index is 4.99. The molecule has 1 aromatic heterocycles. The lowest BCUT2D eigenvalue weighted by molar-refractivity contribution is 0.378. The molecule has 27 heavy (non-hydrogen) atoms. The molecule has 0 atom stereocenters. The van der Waals surface area contributed by atoms with Crippen LogP contribution >= 0.6 is 0 Å². The van der Waals surface area contributed by atoms with Crippen molar-refractivity contribution in [1.82, 2.24) is 15.0 Å². The molecule has 0 spiro atoms. The largest absolute Gasteiger partial charge is 0.467 e. The summed E-state index contributed by atoms with van der Waals surface area (Å²) in [4.78, 5) is 12.1. The summed E-state index contributed by atoms with van der Waals surface area (Å²) >= 11 is 0. The van der Waals surface area contributed by atoms with Crippen LogP contribution in [0.5, 0.6) is 6.01 Å². The lowest BCUT2D eigenvalue weighted by Gasteiger charge is -2.05. The minimum absolute atomic E-state index is 0.361. The first kappa shape index (κ1) is 23.6. The molecule has 0 radical (unpaired) electrons. The maximum Gasteiger partial charge on any atom is 0.320 e. The molecule has 0 aliphatic rings. The van der Waals surface area contributed by atoms with Crippen LogP contribution in [-0.4, -0.2) is 28.6 Å². The third-order valence-electron chi connectivity index (χ3n) is 5.05. The molecule has 1 N–H and O–H groups in total. The number of hydrogen-bond donors (Lipinski definition) is 1. The second kappa shape index (κ2) is 18.0. The number of aromatic nitrogens is 3. The van der Waals surface area contributed by atoms with Crippen molar-refractivity contribution in [1.29, 1.82) is 0 Å². The number of hydrogen-bond acceptors (Lipinski definition) is 5. The highest BCUT2D eigenvalue weighted by molar-refractivity contribution is 5.23. The van der Waals surface area contributed by atoms with Crippen LogP contribution in [0.25, 0.3) is 0 Å². The molecular weight excluding hydrogens is 336 g/mol. The highest BCUT2D eigenvalue weighted by Crippen LogP contribution is 2.13. The molecule has 0 aromatic carbocycles. The number of unbranched alkanes of at least 4 members (excludes halogenated alkanes) is 15. The number of rotatable bonds is 19. The third kappa shape index (κ3) is 14.3. The molecule has 0 bridgehead atoms. The predicted octanol–water partition coefficient (Wildman–Crippen LogP) is 6.55. The molecule has 1 heterocycles. The Hall–Kier alpha value is -1.39. The summed E-state index contributed by atoms with van der Waals surface area (Å²) in [6, 6.07) is 0.361. The van der Waals surface area contributed by atoms with Gasteiger partial charge < -0.3 is 10.1 Å². The van der Waals surface area contributed by atoms with Gasteiger partial charge in [-0.2, -0.15) is 9.97 Å². The summed E-state index contributed by atoms with van der Waals surface area (Å²) in [6.45, 7) is 3.19. The van der Waals surface area contributed by atoms with Gasteiger partial charge in [-0.15, -0.1) is 0 Å². The maximum atomic E-state index is 4.99. The first-order valence-electron chi connectivity index (χ1n) is 11.3. The molecule has 1 rings (SSSR count). The lowest BCUT2D eigenvalue weighted by atomic mass is 10.0. The fourth-order valence-electron chi connectivity index (χ4n) is 3.34. The van der Waals surface area contributed by atoms with Crippen LogP contribution < -0.4 is 10.1 Å². The van der Waals surface area contributed by atoms with Crippen LogP contribution in [0.3, 0.4) is 0 Å². The van der Waals surface area contributed by atoms with Crippen LogP contribution in [0, 0.1) is 0 Å². The van der Waals surface area contributed by atoms with E-state index in [0.717, 1.165) is 13.0 Å². The summed E-state index contributed by atoms with van der Waals surface area (Å²) in [5.74, 6) is 0.600. The number of nitrogens with one attached hydrogen (secondary N) is 1. The summed E-state index contributed by atoms with van der Waals surface area (Å²) in [7, 11) is 1.56. The van der Waals surface area contributed by atoms with E-state index in [2.05, 4.69) is 27.2 Å². The van der Waals surface area contributed by atoms with Crippen molar-refractivity contribution < 1.29 is 4.74 Å². The van der Waals surface area contributed by atoms with Crippen LogP contribution in [0.1, 0.15) is 110 Å². The average molecular weight is 379 g/mol. The van der Waals surface area contributed by atoms with Gasteiger partial charge in [0, 0.05) is 6.54 Å². The zero-order valence-electron chi connectivity index (χ0n) is 17.8. The number of anilines is 1. The molecule has 5 heteroatoms. The van der Waals surface area contributed by atoms with Crippen molar-refractivity contribution in [3.63, 3.8) is 0 Å². The van der Waals surface area contributed by atoms with E-state index in [-0.39, 0.29) is 0 Å². The van der Waals surface area contributed by atoms with Crippen molar-refractivity contribution in [2.45, 2.75) is 110 Å². The van der Waals surface area contributed by atoms with Gasteiger partial charge in [0.15, 0.2) is 0 Å². The van der Waals surface area contributed by atoms with Crippen molar-refractivity contribution >= 4 is 5.95 Å². The minimum atomic E-state index is 0.361. The minimum Gasteiger partial charge on any atom is -0.467 e. The lowest BCUT2D eigenvalue weighted by Crippen LogP contribution is -2.06. The van der Waals surface area contributed by atoms with Crippen LogP contribution in [-0.2, 0) is 0 Å². The smallest absolute Gasteiger partial charge is 0.320 e. The molecule has 0 amide bonds. The second-order valence-corrected chi connectivity index (χ2v) is 7.53. The Morgan fingerprint density at radius 1 is 0.704 bits per heavy atom. The van der Waals surface area contributed by atoms with E-state index in [4.69, 9.17) is 4.74 Å². The van der Waals surface area contributed by atoms with E-state index in [9.17, 15) is 0 Å². The topological polar surface area (TPSA) is 59.9 Å². The molecule has 0 aliphatic carbocycles. The van der Waals surface area contributed by atoms with E-state index < -0.39 is 0 Å². The van der Waals surface area contributed by atoms with E-state index in [1.165, 1.54) is 103 Å². The highest BCUT2D eigenvalue weighted by Gasteiger charge is 1.99. The molecule has 0 saturated carbocycles. The Balaban J connectivity index is 1.76. The van der Waals surface area contributed by atoms with Gasteiger partial charge in [0.2, 0.25) is 5.95 Å². The van der Waals surface area contributed by atoms with Crippen molar-refractivity contribution in [3.8, 4) is 6.01 Å². The summed E-state index contributed by atoms with van der Waals surface area (Å²) in [5, 5.41) is 3.23. The molecular formula is C22H42N4O. The Labute approximate surface area is 167 Å². The Kier molecular flexibility index (Phi) is 15.8. The van der Waals surface area contributed by atoms with Crippen molar-refractivity contribution in [2.75, 3.05) is 19.0 Å². The Bertz CT molecular complexity index is 442. The number of ether oxygens (including phenoxy) is 1. The number of nitrogens with zero attached hydrogens (tertiary/aromatic N) is 3. The van der Waals surface area contributed by atoms with Gasteiger partial charge in [0.05, 0.1) is 7.11 Å². The van der Waals surface area contributed by atoms with E-state index in [1.807, 2.05) is 0 Å². The van der Waals surface area contributed by atoms with E-state index >= 15 is 0 Å². The predicted molar refractivity (Wildman–Crippen MR) is 114 cm³/mol. The molecule has 0 fully saturated rings. The normalized spacial score (nSPS) is 10.9. The average Bonchev–Trinajstić information content (AvgIpc) is 2.70. The summed E-state index contributed by atoms with van der Waals surface area (Å²) in [5.41, 5.74) is 0. The summed E-state index contributed by atoms with van der Waals surface area (Å²) < 4.78 is 4.99. The number of methoxy groups -OCH3 is 1. The Morgan fingerprint density at radius 3 is 1.67 bits per heavy atom. The highest BCUT2D eigenvalue weighted by atomic mass is 16.5. The standard InChI is InChI=1S/C22H42N4O/c1-3-4-5-6-7-8-9-10-11-12-13-14-15-16-17-18-19-23-21-24-20-25-22(26-21)27-2/h20H,3-19H2,1-2H3,(H,23,24,25,26). The fourth-order valence-corrected chi connectivity index (χ4v) is 3.34. The van der Waals surface area contributed by atoms with Gasteiger partial charge in [-0.3, -0.25) is 0 Å². The van der Waals surface area contributed by atoms with E-state index in [1.54, 1.807) is 7.11 Å². The van der Waals surface area contributed by atoms with Gasteiger partial charge >= 0.3 is 6.01 Å². The molecule has 0 unspecified atom stereocenters. The van der Waals surface area contributed by atoms with Gasteiger partial charge in [-0.05, 0) is 6.42 Å². The van der Waals surface area contributed by atoms with Crippen molar-refractivity contribution in [2.24, 2.45) is 0 Å². The molecule has 156 valence electrons. The molecule has 0 aliphatic heterocycles. The Morgan fingerprint density at radius 2 is 1.19 bits per heavy atom. The third-order valence-corrected chi connectivity index (χ3v) is 5.05. The zero-order valence-corrected chi connectivity index (χ0v) is 17.8. The van der Waals surface area contributed by atoms with Crippen molar-refractivity contribution in [3.05, 3.63) is 6.33 Å². The zero-order chi connectivity index (χ0) is 19.4. The molecule has 5 nitrogen and oxygen atoms in total. The quantitative estimate of drug-likeness (QED) is 0.276. The van der Waals surface area contributed by atoms with Gasteiger partial charge in [-0.1, -0.05) is 103 Å². The fraction of sp³-hybridized carbons (Fsp3) is 0.864. The summed E-state index contributed by atoms with van der Waals surface area (Å²) in [6.07, 6.45) is 23.8. The monoisotopic (exact) mass is 378 g/mol. The molecule has 1 aromatic rings. The van der Waals surface area contributed by atoms with Crippen LogP contribution in [0.4, 0.5) is 5.95 Å².